The van der Waals surface area contributed by atoms with Crippen LogP contribution in [0.2, 0.25) is 0 Å². The minimum atomic E-state index is 0.0385. The lowest BCUT2D eigenvalue weighted by molar-refractivity contribution is -0.111. The second-order valence-electron chi connectivity index (χ2n) is 5.02. The number of nitrogens with zero attached hydrogens (tertiary/aromatic N) is 3. The van der Waals surface area contributed by atoms with Crippen molar-refractivity contribution in [2.24, 2.45) is 15.9 Å². The van der Waals surface area contributed by atoms with Crippen molar-refractivity contribution in [3.8, 4) is 0 Å². The lowest BCUT2D eigenvalue weighted by atomic mass is 10.0. The largest absolute Gasteiger partial charge is 0.308 e. The Hall–Kier alpha value is -1.55. The summed E-state index contributed by atoms with van der Waals surface area (Å²) in [6.07, 6.45) is 6.30. The van der Waals surface area contributed by atoms with Gasteiger partial charge in [0.25, 0.3) is 0 Å². The fourth-order valence-corrected chi connectivity index (χ4v) is 2.02. The molecular weight excluding hydrogens is 238 g/mol. The summed E-state index contributed by atoms with van der Waals surface area (Å²) in [6.45, 7) is 6.37. The summed E-state index contributed by atoms with van der Waals surface area (Å²) in [5.41, 5.74) is 2.59. The minimum absolute atomic E-state index is 0.0385. The summed E-state index contributed by atoms with van der Waals surface area (Å²) in [4.78, 5) is 22.5. The molecule has 0 bridgehead atoms. The van der Waals surface area contributed by atoms with Gasteiger partial charge in [-0.1, -0.05) is 13.0 Å². The van der Waals surface area contributed by atoms with Gasteiger partial charge in [-0.25, -0.2) is 0 Å². The van der Waals surface area contributed by atoms with Crippen molar-refractivity contribution in [1.29, 1.82) is 0 Å². The Labute approximate surface area is 115 Å². The molecule has 1 atom stereocenters. The lowest BCUT2D eigenvalue weighted by Crippen LogP contribution is -2.23. The highest BCUT2D eigenvalue weighted by atomic mass is 16.1. The Kier molecular flexibility index (Phi) is 5.83. The molecule has 0 amide bonds. The molecule has 1 unspecified atom stereocenters. The Morgan fingerprint density at radius 2 is 2.16 bits per heavy atom. The first-order chi connectivity index (χ1) is 8.95. The van der Waals surface area contributed by atoms with E-state index < -0.39 is 0 Å². The number of hydrogen-bond donors (Lipinski definition) is 0. The van der Waals surface area contributed by atoms with E-state index in [1.54, 1.807) is 19.3 Å². The van der Waals surface area contributed by atoms with E-state index in [-0.39, 0.29) is 11.7 Å². The van der Waals surface area contributed by atoms with E-state index in [0.717, 1.165) is 17.8 Å². The third-order valence-corrected chi connectivity index (χ3v) is 2.99. The Morgan fingerprint density at radius 1 is 1.47 bits per heavy atom. The number of carbonyl (C=O) groups excluding carboxylic acids is 1. The molecule has 1 rings (SSSR count). The van der Waals surface area contributed by atoms with Crippen LogP contribution >= 0.6 is 0 Å². The van der Waals surface area contributed by atoms with Crippen molar-refractivity contribution >= 4 is 17.7 Å². The summed E-state index contributed by atoms with van der Waals surface area (Å²) in [5, 5.41) is 0. The van der Waals surface area contributed by atoms with E-state index in [1.807, 2.05) is 34.0 Å². The van der Waals surface area contributed by atoms with Crippen molar-refractivity contribution in [1.82, 2.24) is 4.90 Å². The van der Waals surface area contributed by atoms with E-state index >= 15 is 0 Å². The molecule has 0 fully saturated rings. The van der Waals surface area contributed by atoms with Crippen LogP contribution in [0, 0.1) is 5.92 Å². The van der Waals surface area contributed by atoms with Crippen molar-refractivity contribution in [3.63, 3.8) is 0 Å². The minimum Gasteiger partial charge on any atom is -0.308 e. The first-order valence-corrected chi connectivity index (χ1v) is 6.59. The van der Waals surface area contributed by atoms with E-state index in [9.17, 15) is 4.79 Å². The smallest absolute Gasteiger partial charge is 0.173 e. The van der Waals surface area contributed by atoms with Crippen molar-refractivity contribution in [2.75, 3.05) is 20.6 Å². The average Bonchev–Trinajstić information content (AvgIpc) is 2.48. The van der Waals surface area contributed by atoms with Gasteiger partial charge in [0.05, 0.1) is 11.4 Å². The van der Waals surface area contributed by atoms with Gasteiger partial charge < -0.3 is 4.90 Å². The summed E-state index contributed by atoms with van der Waals surface area (Å²) in [5.74, 6) is 0.204. The predicted molar refractivity (Wildman–Crippen MR) is 80.8 cm³/mol. The fourth-order valence-electron chi connectivity index (χ4n) is 2.02. The molecular formula is C15H23N3O. The van der Waals surface area contributed by atoms with Gasteiger partial charge in [0.1, 0.15) is 0 Å². The van der Waals surface area contributed by atoms with Crippen LogP contribution in [0.15, 0.2) is 33.5 Å². The monoisotopic (exact) mass is 261 g/mol. The van der Waals surface area contributed by atoms with E-state index in [2.05, 4.69) is 14.9 Å². The van der Waals surface area contributed by atoms with Gasteiger partial charge in [-0.3, -0.25) is 14.8 Å². The average molecular weight is 261 g/mol. The number of Topliss-reactive ketones (excluding diaryl/α,β-unsaturated/α-hetero) is 1. The number of rotatable bonds is 5. The lowest BCUT2D eigenvalue weighted by Gasteiger charge is -2.19. The molecule has 0 saturated carbocycles. The maximum Gasteiger partial charge on any atom is 0.173 e. The van der Waals surface area contributed by atoms with Gasteiger partial charge in [0, 0.05) is 31.8 Å². The van der Waals surface area contributed by atoms with Gasteiger partial charge in [-0.15, -0.1) is 0 Å². The van der Waals surface area contributed by atoms with Crippen LogP contribution in [0.25, 0.3) is 0 Å². The van der Waals surface area contributed by atoms with Crippen LogP contribution in [0.5, 0.6) is 0 Å². The third kappa shape index (κ3) is 4.56. The molecule has 104 valence electrons. The van der Waals surface area contributed by atoms with Crippen molar-refractivity contribution in [3.05, 3.63) is 23.5 Å². The van der Waals surface area contributed by atoms with Gasteiger partial charge in [0.15, 0.2) is 5.78 Å². The van der Waals surface area contributed by atoms with Crippen molar-refractivity contribution < 1.29 is 4.79 Å². The number of allylic oxidation sites excluding steroid dienone is 1. The second-order valence-corrected chi connectivity index (χ2v) is 5.02. The summed E-state index contributed by atoms with van der Waals surface area (Å²) in [7, 11) is 4.06. The van der Waals surface area contributed by atoms with E-state index in [1.165, 1.54) is 0 Å². The third-order valence-electron chi connectivity index (χ3n) is 2.99. The van der Waals surface area contributed by atoms with Gasteiger partial charge in [0.2, 0.25) is 0 Å². The van der Waals surface area contributed by atoms with Crippen LogP contribution in [0.4, 0.5) is 0 Å². The molecule has 0 N–H and O–H groups in total. The van der Waals surface area contributed by atoms with E-state index in [0.29, 0.717) is 12.1 Å². The zero-order valence-corrected chi connectivity index (χ0v) is 12.5. The molecule has 0 spiro atoms. The summed E-state index contributed by atoms with van der Waals surface area (Å²) in [6, 6.07) is 0. The SMILES string of the molecule is CCC(=NC1=C(C)C=NC=CC1CN(C)C)C(C)=O. The zero-order chi connectivity index (χ0) is 14.4. The molecule has 4 heteroatoms. The van der Waals surface area contributed by atoms with Crippen LogP contribution in [-0.4, -0.2) is 43.2 Å². The quantitative estimate of drug-likeness (QED) is 0.714. The van der Waals surface area contributed by atoms with Crippen LogP contribution in [-0.2, 0) is 4.79 Å². The zero-order valence-electron chi connectivity index (χ0n) is 12.5. The summed E-state index contributed by atoms with van der Waals surface area (Å²) >= 11 is 0. The highest BCUT2D eigenvalue weighted by Gasteiger charge is 2.17. The van der Waals surface area contributed by atoms with Gasteiger partial charge in [-0.05, 0) is 33.0 Å². The van der Waals surface area contributed by atoms with E-state index in [4.69, 9.17) is 0 Å². The Balaban J connectivity index is 3.18. The number of hydrogen-bond acceptors (Lipinski definition) is 4. The topological polar surface area (TPSA) is 45.0 Å². The number of aliphatic imine (C=N–C) groups is 2. The highest BCUT2D eigenvalue weighted by Crippen LogP contribution is 2.22. The van der Waals surface area contributed by atoms with Crippen LogP contribution in [0.3, 0.4) is 0 Å². The van der Waals surface area contributed by atoms with Gasteiger partial charge in [-0.2, -0.15) is 0 Å². The molecule has 4 nitrogen and oxygen atoms in total. The van der Waals surface area contributed by atoms with Crippen LogP contribution < -0.4 is 0 Å². The fraction of sp³-hybridized carbons (Fsp3) is 0.533. The molecule has 1 heterocycles. The Bertz CT molecular complexity index is 456. The molecule has 19 heavy (non-hydrogen) atoms. The van der Waals surface area contributed by atoms with Crippen molar-refractivity contribution in [2.45, 2.75) is 27.2 Å². The molecule has 0 aliphatic carbocycles. The Morgan fingerprint density at radius 3 is 2.68 bits per heavy atom. The standard InChI is InChI=1S/C15H23N3O/c1-6-14(12(3)19)17-15-11(2)9-16-8-7-13(15)10-18(4)5/h7-9,13H,6,10H2,1-5H3. The van der Waals surface area contributed by atoms with Gasteiger partial charge >= 0.3 is 0 Å². The molecule has 0 aromatic carbocycles. The predicted octanol–water partition coefficient (Wildman–Crippen LogP) is 2.48. The second kappa shape index (κ2) is 7.14. The molecule has 1 aliphatic rings. The molecule has 0 aromatic rings. The maximum absolute atomic E-state index is 11.6. The maximum atomic E-state index is 11.6. The molecule has 1 aliphatic heterocycles. The highest BCUT2D eigenvalue weighted by molar-refractivity contribution is 6.39. The normalized spacial score (nSPS) is 20.1. The van der Waals surface area contributed by atoms with Crippen LogP contribution in [0.1, 0.15) is 27.2 Å². The number of ketones is 1. The first kappa shape index (κ1) is 15.5. The number of carbonyl (C=O) groups is 1. The first-order valence-electron chi connectivity index (χ1n) is 6.59. The molecule has 0 aromatic heterocycles. The summed E-state index contributed by atoms with van der Waals surface area (Å²) < 4.78 is 0. The molecule has 0 saturated heterocycles. The molecule has 0 radical (unpaired) electrons.